The normalized spacial score (nSPS) is 24.7. The van der Waals surface area contributed by atoms with Crippen LogP contribution in [-0.2, 0) is 4.74 Å². The first-order chi connectivity index (χ1) is 7.54. The quantitative estimate of drug-likeness (QED) is 0.861. The molecule has 1 aromatic carbocycles. The molecule has 0 bridgehead atoms. The van der Waals surface area contributed by atoms with E-state index >= 15 is 0 Å². The molecule has 16 heavy (non-hydrogen) atoms. The summed E-state index contributed by atoms with van der Waals surface area (Å²) in [7, 11) is 0. The monoisotopic (exact) mass is 240 g/mol. The van der Waals surface area contributed by atoms with Crippen LogP contribution in [0.1, 0.15) is 6.92 Å². The molecule has 2 rings (SSSR count). The Morgan fingerprint density at radius 3 is 2.62 bits per heavy atom. The topological polar surface area (TPSA) is 55.6 Å². The number of ether oxygens (including phenoxy) is 1. The van der Waals surface area contributed by atoms with Crippen LogP contribution in [0.15, 0.2) is 24.3 Å². The number of nitrogens with zero attached hydrogens (tertiary/aromatic N) is 1. The second-order valence-electron chi connectivity index (χ2n) is 4.08. The van der Waals surface area contributed by atoms with Gasteiger partial charge in [0, 0.05) is 17.3 Å². The van der Waals surface area contributed by atoms with Crippen LogP contribution in [-0.4, -0.2) is 24.8 Å². The van der Waals surface area contributed by atoms with E-state index in [0.29, 0.717) is 18.1 Å². The number of anilines is 1. The van der Waals surface area contributed by atoms with E-state index in [2.05, 4.69) is 0 Å². The van der Waals surface area contributed by atoms with Gasteiger partial charge in [0.25, 0.3) is 0 Å². The maximum Gasteiger partial charge on any atom is 0.415 e. The van der Waals surface area contributed by atoms with Crippen molar-refractivity contribution in [3.63, 3.8) is 0 Å². The van der Waals surface area contributed by atoms with Gasteiger partial charge in [0.05, 0.1) is 6.54 Å². The number of hydrogen-bond donors (Lipinski definition) is 1. The predicted molar refractivity (Wildman–Crippen MR) is 62.7 cm³/mol. The first-order valence-corrected chi connectivity index (χ1v) is 5.38. The highest BCUT2D eigenvalue weighted by Gasteiger charge is 2.40. The minimum absolute atomic E-state index is 0.308. The number of rotatable bonds is 2. The van der Waals surface area contributed by atoms with Crippen LogP contribution in [0.4, 0.5) is 10.5 Å². The fraction of sp³-hybridized carbons (Fsp3) is 0.364. The van der Waals surface area contributed by atoms with Gasteiger partial charge in [-0.2, -0.15) is 0 Å². The van der Waals surface area contributed by atoms with E-state index in [1.807, 2.05) is 6.92 Å². The van der Waals surface area contributed by atoms with E-state index in [-0.39, 0.29) is 6.09 Å². The molecule has 0 aromatic heterocycles. The largest absolute Gasteiger partial charge is 0.440 e. The lowest BCUT2D eigenvalue weighted by molar-refractivity contribution is 0.0789. The molecule has 5 heteroatoms. The van der Waals surface area contributed by atoms with Crippen molar-refractivity contribution < 1.29 is 9.53 Å². The molecule has 1 aromatic rings. The average molecular weight is 241 g/mol. The van der Waals surface area contributed by atoms with Crippen LogP contribution in [0.25, 0.3) is 0 Å². The van der Waals surface area contributed by atoms with Crippen LogP contribution in [0, 0.1) is 0 Å². The van der Waals surface area contributed by atoms with Gasteiger partial charge in [-0.1, -0.05) is 11.6 Å². The summed E-state index contributed by atoms with van der Waals surface area (Å²) in [5.41, 5.74) is 5.74. The predicted octanol–water partition coefficient (Wildman–Crippen LogP) is 2.01. The molecule has 0 radical (unpaired) electrons. The van der Waals surface area contributed by atoms with E-state index < -0.39 is 5.60 Å². The van der Waals surface area contributed by atoms with Gasteiger partial charge >= 0.3 is 6.09 Å². The summed E-state index contributed by atoms with van der Waals surface area (Å²) >= 11 is 5.78. The van der Waals surface area contributed by atoms with E-state index in [1.54, 1.807) is 29.2 Å². The van der Waals surface area contributed by atoms with Gasteiger partial charge < -0.3 is 10.5 Å². The first kappa shape index (κ1) is 11.2. The average Bonchev–Trinajstić information content (AvgIpc) is 2.57. The van der Waals surface area contributed by atoms with Gasteiger partial charge in [-0.15, -0.1) is 0 Å². The van der Waals surface area contributed by atoms with Crippen molar-refractivity contribution in [2.24, 2.45) is 5.73 Å². The van der Waals surface area contributed by atoms with Crippen molar-refractivity contribution in [2.45, 2.75) is 12.5 Å². The summed E-state index contributed by atoms with van der Waals surface area (Å²) in [5, 5.41) is 0.637. The lowest BCUT2D eigenvalue weighted by atomic mass is 10.1. The van der Waals surface area contributed by atoms with Crippen molar-refractivity contribution in [3.8, 4) is 0 Å². The number of carbonyl (C=O) groups excluding carboxylic acids is 1. The first-order valence-electron chi connectivity index (χ1n) is 5.00. The SMILES string of the molecule is CC1(CN)CN(c2ccc(Cl)cc2)C(=O)O1. The Morgan fingerprint density at radius 2 is 2.12 bits per heavy atom. The zero-order valence-electron chi connectivity index (χ0n) is 8.94. The van der Waals surface area contributed by atoms with E-state index in [0.717, 1.165) is 5.69 Å². The molecule has 2 N–H and O–H groups in total. The fourth-order valence-corrected chi connectivity index (χ4v) is 1.75. The minimum atomic E-state index is -0.600. The third-order valence-electron chi connectivity index (χ3n) is 2.62. The second-order valence-corrected chi connectivity index (χ2v) is 4.52. The third kappa shape index (κ3) is 1.99. The molecular formula is C11H13ClN2O2. The minimum Gasteiger partial charge on any atom is -0.440 e. The summed E-state index contributed by atoms with van der Waals surface area (Å²) in [6, 6.07) is 7.04. The van der Waals surface area contributed by atoms with Gasteiger partial charge in [-0.3, -0.25) is 4.90 Å². The van der Waals surface area contributed by atoms with Crippen molar-refractivity contribution in [3.05, 3.63) is 29.3 Å². The molecule has 0 aliphatic carbocycles. The molecule has 1 saturated heterocycles. The van der Waals surface area contributed by atoms with Crippen LogP contribution in [0.3, 0.4) is 0 Å². The molecule has 86 valence electrons. The Kier molecular flexibility index (Phi) is 2.78. The van der Waals surface area contributed by atoms with Gasteiger partial charge in [0.15, 0.2) is 0 Å². The Balaban J connectivity index is 2.23. The molecule has 4 nitrogen and oxygen atoms in total. The smallest absolute Gasteiger partial charge is 0.415 e. The number of hydrogen-bond acceptors (Lipinski definition) is 3. The van der Waals surface area contributed by atoms with E-state index in [1.165, 1.54) is 0 Å². The summed E-state index contributed by atoms with van der Waals surface area (Å²) < 4.78 is 5.22. The van der Waals surface area contributed by atoms with Crippen molar-refractivity contribution in [1.29, 1.82) is 0 Å². The lowest BCUT2D eigenvalue weighted by Crippen LogP contribution is -2.38. The number of cyclic esters (lactones) is 1. The third-order valence-corrected chi connectivity index (χ3v) is 2.87. The molecule has 1 heterocycles. The summed E-state index contributed by atoms with van der Waals surface area (Å²) in [6.45, 7) is 2.59. The molecule has 1 aliphatic rings. The Hall–Kier alpha value is -1.26. The molecule has 1 aliphatic heterocycles. The highest BCUT2D eigenvalue weighted by molar-refractivity contribution is 6.30. The van der Waals surface area contributed by atoms with E-state index in [4.69, 9.17) is 22.1 Å². The zero-order valence-corrected chi connectivity index (χ0v) is 9.70. The van der Waals surface area contributed by atoms with Gasteiger partial charge in [0.1, 0.15) is 5.60 Å². The molecule has 1 fully saturated rings. The Labute approximate surface area is 98.9 Å². The van der Waals surface area contributed by atoms with Gasteiger partial charge in [-0.05, 0) is 31.2 Å². The van der Waals surface area contributed by atoms with Gasteiger partial charge in [0.2, 0.25) is 0 Å². The van der Waals surface area contributed by atoms with Crippen molar-refractivity contribution in [1.82, 2.24) is 0 Å². The van der Waals surface area contributed by atoms with Crippen LogP contribution in [0.5, 0.6) is 0 Å². The van der Waals surface area contributed by atoms with Crippen LogP contribution >= 0.6 is 11.6 Å². The maximum atomic E-state index is 11.6. The zero-order chi connectivity index (χ0) is 11.8. The lowest BCUT2D eigenvalue weighted by Gasteiger charge is -2.18. The number of benzene rings is 1. The number of halogens is 1. The molecule has 0 spiro atoms. The Bertz CT molecular complexity index is 407. The summed E-state index contributed by atoms with van der Waals surface area (Å²) in [4.78, 5) is 13.2. The highest BCUT2D eigenvalue weighted by atomic mass is 35.5. The molecule has 1 unspecified atom stereocenters. The number of nitrogens with two attached hydrogens (primary N) is 1. The van der Waals surface area contributed by atoms with Crippen molar-refractivity contribution in [2.75, 3.05) is 18.0 Å². The second kappa shape index (κ2) is 3.96. The van der Waals surface area contributed by atoms with Crippen molar-refractivity contribution >= 4 is 23.4 Å². The number of carbonyl (C=O) groups is 1. The van der Waals surface area contributed by atoms with Crippen LogP contribution in [0.2, 0.25) is 5.02 Å². The molecule has 1 atom stereocenters. The Morgan fingerprint density at radius 1 is 1.50 bits per heavy atom. The fourth-order valence-electron chi connectivity index (χ4n) is 1.62. The highest BCUT2D eigenvalue weighted by Crippen LogP contribution is 2.27. The summed E-state index contributed by atoms with van der Waals surface area (Å²) in [5.74, 6) is 0. The van der Waals surface area contributed by atoms with E-state index in [9.17, 15) is 4.79 Å². The van der Waals surface area contributed by atoms with Crippen LogP contribution < -0.4 is 10.6 Å². The maximum absolute atomic E-state index is 11.6. The molecule has 1 amide bonds. The number of amides is 1. The standard InChI is InChI=1S/C11H13ClN2O2/c1-11(6-13)7-14(10(15)16-11)9-4-2-8(12)3-5-9/h2-5H,6-7,13H2,1H3. The molecule has 0 saturated carbocycles. The molecular weight excluding hydrogens is 228 g/mol. The van der Waals surface area contributed by atoms with Gasteiger partial charge in [-0.25, -0.2) is 4.79 Å². The summed E-state index contributed by atoms with van der Waals surface area (Å²) in [6.07, 6.45) is -0.365.